The highest BCUT2D eigenvalue weighted by atomic mass is 35.5. The number of aromatic nitrogens is 2. The molecule has 5 rings (SSSR count). The molecule has 0 saturated carbocycles. The summed E-state index contributed by atoms with van der Waals surface area (Å²) in [6.45, 7) is 0.295. The first-order valence-corrected chi connectivity index (χ1v) is 10.7. The van der Waals surface area contributed by atoms with Crippen LogP contribution in [-0.2, 0) is 6.61 Å². The molecule has 0 aliphatic heterocycles. The van der Waals surface area contributed by atoms with Crippen LogP contribution in [0.3, 0.4) is 0 Å². The van der Waals surface area contributed by atoms with E-state index in [1.807, 2.05) is 60.7 Å². The van der Waals surface area contributed by atoms with E-state index >= 15 is 0 Å². The van der Waals surface area contributed by atoms with Crippen molar-refractivity contribution in [3.8, 4) is 5.75 Å². The van der Waals surface area contributed by atoms with Crippen molar-refractivity contribution in [3.05, 3.63) is 103 Å². The Morgan fingerprint density at radius 1 is 1.03 bits per heavy atom. The van der Waals surface area contributed by atoms with Gasteiger partial charge in [0, 0.05) is 21.2 Å². The predicted molar refractivity (Wildman–Crippen MR) is 123 cm³/mol. The van der Waals surface area contributed by atoms with Crippen molar-refractivity contribution in [2.75, 3.05) is 0 Å². The molecule has 0 bridgehead atoms. The van der Waals surface area contributed by atoms with E-state index < -0.39 is 0 Å². The number of fused-ring (bicyclic) bond motifs is 3. The van der Waals surface area contributed by atoms with Gasteiger partial charge in [0.2, 0.25) is 0 Å². The summed E-state index contributed by atoms with van der Waals surface area (Å²) in [5, 5.41) is 1.13. The molecule has 7 heteroatoms. The van der Waals surface area contributed by atoms with Gasteiger partial charge in [0.25, 0.3) is 5.56 Å². The molecule has 0 aliphatic carbocycles. The fourth-order valence-corrected chi connectivity index (χ4v) is 4.72. The van der Waals surface area contributed by atoms with Crippen molar-refractivity contribution in [1.82, 2.24) is 9.38 Å². The molecule has 0 fully saturated rings. The highest BCUT2D eigenvalue weighted by Crippen LogP contribution is 2.25. The first-order chi connectivity index (χ1) is 14.6. The van der Waals surface area contributed by atoms with Gasteiger partial charge in [0.1, 0.15) is 12.4 Å². The number of imidazole rings is 1. The number of hydrogen-bond donors (Lipinski definition) is 0. The third kappa shape index (κ3) is 3.45. The van der Waals surface area contributed by atoms with Gasteiger partial charge in [0.05, 0.1) is 15.6 Å². The van der Waals surface area contributed by atoms with Gasteiger partial charge in [0.15, 0.2) is 4.96 Å². The average Bonchev–Trinajstić information content (AvgIpc) is 3.25. The normalized spacial score (nSPS) is 12.1. The van der Waals surface area contributed by atoms with Crippen molar-refractivity contribution in [2.24, 2.45) is 0 Å². The molecular formula is C23H14Cl2N2O2S. The van der Waals surface area contributed by atoms with Crippen molar-refractivity contribution >= 4 is 56.6 Å². The maximum atomic E-state index is 13.0. The zero-order valence-electron chi connectivity index (χ0n) is 15.5. The highest BCUT2D eigenvalue weighted by Gasteiger charge is 2.11. The van der Waals surface area contributed by atoms with E-state index in [0.717, 1.165) is 22.2 Å². The molecule has 30 heavy (non-hydrogen) atoms. The van der Waals surface area contributed by atoms with Crippen LogP contribution < -0.4 is 14.8 Å². The Kier molecular flexibility index (Phi) is 4.95. The van der Waals surface area contributed by atoms with Gasteiger partial charge in [-0.15, -0.1) is 0 Å². The quantitative estimate of drug-likeness (QED) is 0.369. The van der Waals surface area contributed by atoms with Crippen LogP contribution in [0.2, 0.25) is 10.0 Å². The molecule has 0 aliphatic rings. The number of nitrogens with zero attached hydrogens (tertiary/aromatic N) is 2. The molecular weight excluding hydrogens is 439 g/mol. The molecule has 0 amide bonds. The average molecular weight is 453 g/mol. The van der Waals surface area contributed by atoms with Crippen molar-refractivity contribution in [3.63, 3.8) is 0 Å². The molecule has 0 saturated heterocycles. The van der Waals surface area contributed by atoms with Crippen molar-refractivity contribution in [1.29, 1.82) is 0 Å². The second-order valence-corrected chi connectivity index (χ2v) is 8.55. The van der Waals surface area contributed by atoms with Gasteiger partial charge in [-0.05, 0) is 36.4 Å². The summed E-state index contributed by atoms with van der Waals surface area (Å²) in [6, 6.07) is 20.5. The van der Waals surface area contributed by atoms with Crippen molar-refractivity contribution < 1.29 is 4.74 Å². The fourth-order valence-electron chi connectivity index (χ4n) is 3.28. The summed E-state index contributed by atoms with van der Waals surface area (Å²) in [6.07, 6.45) is 1.84. The molecule has 3 aromatic carbocycles. The molecule has 0 radical (unpaired) electrons. The summed E-state index contributed by atoms with van der Waals surface area (Å²) in [4.78, 5) is 18.2. The summed E-state index contributed by atoms with van der Waals surface area (Å²) in [5.41, 5.74) is 3.19. The van der Waals surface area contributed by atoms with E-state index in [1.165, 1.54) is 11.3 Å². The SMILES string of the molecule is O=c1c(=Cc2ccccc2OCc2ccc(Cl)cc2Cl)sc2nc3ccccc3n12. The maximum absolute atomic E-state index is 13.0. The van der Waals surface area contributed by atoms with E-state index in [1.54, 1.807) is 16.5 Å². The standard InChI is InChI=1S/C23H14Cl2N2O2S/c24-16-10-9-15(17(25)12-16)13-29-20-8-4-1-5-14(20)11-21-22(28)27-19-7-3-2-6-18(19)26-23(27)30-21/h1-12H,13H2. The molecule has 5 aromatic rings. The van der Waals surface area contributed by atoms with Crippen LogP contribution in [0.25, 0.3) is 22.1 Å². The van der Waals surface area contributed by atoms with Crippen LogP contribution in [0.5, 0.6) is 5.75 Å². The van der Waals surface area contributed by atoms with Gasteiger partial charge in [-0.25, -0.2) is 9.38 Å². The maximum Gasteiger partial charge on any atom is 0.274 e. The number of halogens is 2. The highest BCUT2D eigenvalue weighted by molar-refractivity contribution is 7.15. The third-order valence-corrected chi connectivity index (χ3v) is 6.30. The lowest BCUT2D eigenvalue weighted by Gasteiger charge is -2.10. The minimum Gasteiger partial charge on any atom is -0.488 e. The van der Waals surface area contributed by atoms with Gasteiger partial charge < -0.3 is 4.74 Å². The fraction of sp³-hybridized carbons (Fsp3) is 0.0435. The molecule has 148 valence electrons. The molecule has 0 unspecified atom stereocenters. The lowest BCUT2D eigenvalue weighted by molar-refractivity contribution is 0.305. The smallest absolute Gasteiger partial charge is 0.274 e. The lowest BCUT2D eigenvalue weighted by atomic mass is 10.2. The summed E-state index contributed by atoms with van der Waals surface area (Å²) >= 11 is 13.6. The van der Waals surface area contributed by atoms with Gasteiger partial charge in [-0.2, -0.15) is 0 Å². The molecule has 4 nitrogen and oxygen atoms in total. The van der Waals surface area contributed by atoms with Crippen LogP contribution >= 0.6 is 34.5 Å². The Bertz CT molecular complexity index is 1510. The Hall–Kier alpha value is -2.86. The van der Waals surface area contributed by atoms with Gasteiger partial charge in [-0.3, -0.25) is 4.79 Å². The van der Waals surface area contributed by atoms with E-state index in [4.69, 9.17) is 27.9 Å². The summed E-state index contributed by atoms with van der Waals surface area (Å²) in [5.74, 6) is 0.666. The molecule has 0 N–H and O–H groups in total. The van der Waals surface area contributed by atoms with Gasteiger partial charge in [-0.1, -0.05) is 70.9 Å². The lowest BCUT2D eigenvalue weighted by Crippen LogP contribution is -2.22. The van der Waals surface area contributed by atoms with E-state index in [0.29, 0.717) is 31.9 Å². The molecule has 0 spiro atoms. The Morgan fingerprint density at radius 3 is 2.70 bits per heavy atom. The van der Waals surface area contributed by atoms with Gasteiger partial charge >= 0.3 is 0 Å². The Labute approximate surface area is 185 Å². The number of rotatable bonds is 4. The summed E-state index contributed by atoms with van der Waals surface area (Å²) < 4.78 is 8.26. The van der Waals surface area contributed by atoms with E-state index in [-0.39, 0.29) is 5.56 Å². The van der Waals surface area contributed by atoms with Crippen molar-refractivity contribution in [2.45, 2.75) is 6.61 Å². The predicted octanol–water partition coefficient (Wildman–Crippen LogP) is 5.34. The molecule has 0 atom stereocenters. The number of para-hydroxylation sites is 3. The van der Waals surface area contributed by atoms with Crippen LogP contribution in [0.1, 0.15) is 11.1 Å². The first kappa shape index (κ1) is 19.1. The number of hydrogen-bond acceptors (Lipinski definition) is 4. The minimum absolute atomic E-state index is 0.0840. The minimum atomic E-state index is -0.0840. The van der Waals surface area contributed by atoms with E-state index in [2.05, 4.69) is 4.98 Å². The first-order valence-electron chi connectivity index (χ1n) is 9.17. The van der Waals surface area contributed by atoms with Crippen LogP contribution in [0, 0.1) is 0 Å². The zero-order valence-corrected chi connectivity index (χ0v) is 17.8. The van der Waals surface area contributed by atoms with E-state index in [9.17, 15) is 4.79 Å². The van der Waals surface area contributed by atoms with Crippen LogP contribution in [0.15, 0.2) is 71.5 Å². The zero-order chi connectivity index (χ0) is 20.7. The number of thiazole rings is 1. The molecule has 2 aromatic heterocycles. The third-order valence-electron chi connectivity index (χ3n) is 4.75. The van der Waals surface area contributed by atoms with Crippen LogP contribution in [0.4, 0.5) is 0 Å². The Morgan fingerprint density at radius 2 is 1.83 bits per heavy atom. The summed E-state index contributed by atoms with van der Waals surface area (Å²) in [7, 11) is 0. The molecule has 2 heterocycles. The number of benzene rings is 3. The second-order valence-electron chi connectivity index (χ2n) is 6.70. The monoisotopic (exact) mass is 452 g/mol. The topological polar surface area (TPSA) is 43.6 Å². The van der Waals surface area contributed by atoms with Crippen LogP contribution in [-0.4, -0.2) is 9.38 Å². The number of ether oxygens (including phenoxy) is 1. The Balaban J connectivity index is 1.53. The second kappa shape index (κ2) is 7.76. The largest absolute Gasteiger partial charge is 0.488 e.